The van der Waals surface area contributed by atoms with Crippen molar-refractivity contribution in [1.29, 1.82) is 0 Å². The second-order valence-electron chi connectivity index (χ2n) is 9.10. The second-order valence-corrected chi connectivity index (χ2v) is 9.10. The topological polar surface area (TPSA) is 9.23 Å². The average Bonchev–Trinajstić information content (AvgIpc) is 2.79. The van der Waals surface area contributed by atoms with Crippen molar-refractivity contribution in [2.75, 3.05) is 6.61 Å². The van der Waals surface area contributed by atoms with Gasteiger partial charge in [-0.3, -0.25) is 0 Å². The Morgan fingerprint density at radius 1 is 0.968 bits per heavy atom. The molecule has 3 heteroatoms. The molecule has 0 N–H and O–H groups in total. The fourth-order valence-electron chi connectivity index (χ4n) is 5.50. The van der Waals surface area contributed by atoms with E-state index in [0.29, 0.717) is 29.8 Å². The van der Waals surface area contributed by atoms with Crippen LogP contribution in [-0.4, -0.2) is 6.61 Å². The van der Waals surface area contributed by atoms with Crippen LogP contribution in [0.1, 0.15) is 56.9 Å². The van der Waals surface area contributed by atoms with E-state index < -0.39 is 11.6 Å². The Morgan fingerprint density at radius 3 is 2.32 bits per heavy atom. The third-order valence-corrected chi connectivity index (χ3v) is 7.25. The Morgan fingerprint density at radius 2 is 1.65 bits per heavy atom. The molecule has 164 valence electrons. The summed E-state index contributed by atoms with van der Waals surface area (Å²) in [6.45, 7) is 6.37. The number of hydrogen-bond donors (Lipinski definition) is 0. The summed E-state index contributed by atoms with van der Waals surface area (Å²) < 4.78 is 35.7. The van der Waals surface area contributed by atoms with E-state index in [4.69, 9.17) is 4.74 Å². The molecular weight excluding hydrogens is 390 g/mol. The highest BCUT2D eigenvalue weighted by molar-refractivity contribution is 5.66. The Hall–Kier alpha value is -2.42. The summed E-state index contributed by atoms with van der Waals surface area (Å²) in [5.74, 6) is 2.05. The third kappa shape index (κ3) is 4.92. The summed E-state index contributed by atoms with van der Waals surface area (Å²) in [5, 5.41) is 0. The van der Waals surface area contributed by atoms with Gasteiger partial charge in [0.1, 0.15) is 24.0 Å². The highest BCUT2D eigenvalue weighted by Gasteiger charge is 2.35. The van der Waals surface area contributed by atoms with Gasteiger partial charge in [0.05, 0.1) is 5.56 Å². The summed E-state index contributed by atoms with van der Waals surface area (Å²) in [6, 6.07) is 10.1. The number of hydrogen-bond acceptors (Lipinski definition) is 1. The highest BCUT2D eigenvalue weighted by Crippen LogP contribution is 2.48. The first-order valence-corrected chi connectivity index (χ1v) is 11.5. The number of allylic oxidation sites excluding steroid dienone is 2. The molecule has 0 aliphatic heterocycles. The van der Waals surface area contributed by atoms with Gasteiger partial charge >= 0.3 is 0 Å². The zero-order valence-corrected chi connectivity index (χ0v) is 18.3. The van der Waals surface area contributed by atoms with E-state index in [0.717, 1.165) is 30.7 Å². The van der Waals surface area contributed by atoms with Crippen LogP contribution in [0.25, 0.3) is 11.1 Å². The summed E-state index contributed by atoms with van der Waals surface area (Å²) in [4.78, 5) is 0. The smallest absolute Gasteiger partial charge is 0.134 e. The minimum atomic E-state index is -0.477. The molecule has 0 radical (unpaired) electrons. The van der Waals surface area contributed by atoms with Gasteiger partial charge in [-0.2, -0.15) is 0 Å². The molecule has 4 rings (SSSR count). The van der Waals surface area contributed by atoms with Crippen LogP contribution in [0.5, 0.6) is 5.75 Å². The van der Waals surface area contributed by atoms with Crippen molar-refractivity contribution in [3.63, 3.8) is 0 Å². The van der Waals surface area contributed by atoms with Crippen LogP contribution in [0.15, 0.2) is 61.2 Å². The number of rotatable bonds is 6. The fraction of sp³-hybridized carbons (Fsp3) is 0.429. The molecule has 4 unspecified atom stereocenters. The van der Waals surface area contributed by atoms with E-state index in [1.807, 2.05) is 19.1 Å². The van der Waals surface area contributed by atoms with E-state index in [2.05, 4.69) is 12.7 Å². The SMILES string of the molecule is C=CC1CCC2CC(c3cc(F)c(-c4ccc(OC/C=C/C)cc4)c(F)c3)CCC2C1. The maximum absolute atomic E-state index is 15.0. The van der Waals surface area contributed by atoms with Crippen LogP contribution in [0.3, 0.4) is 0 Å². The van der Waals surface area contributed by atoms with Crippen LogP contribution >= 0.6 is 0 Å². The van der Waals surface area contributed by atoms with Crippen LogP contribution in [-0.2, 0) is 0 Å². The molecule has 31 heavy (non-hydrogen) atoms. The molecule has 4 atom stereocenters. The van der Waals surface area contributed by atoms with E-state index in [1.165, 1.54) is 19.3 Å². The highest BCUT2D eigenvalue weighted by atomic mass is 19.1. The predicted octanol–water partition coefficient (Wildman–Crippen LogP) is 8.07. The Balaban J connectivity index is 1.48. The lowest BCUT2D eigenvalue weighted by Gasteiger charge is -2.41. The lowest BCUT2D eigenvalue weighted by Crippen LogP contribution is -2.30. The van der Waals surface area contributed by atoms with E-state index in [1.54, 1.807) is 36.4 Å². The van der Waals surface area contributed by atoms with Gasteiger partial charge < -0.3 is 4.74 Å². The lowest BCUT2D eigenvalue weighted by molar-refractivity contribution is 0.133. The van der Waals surface area contributed by atoms with Gasteiger partial charge in [0, 0.05) is 0 Å². The Labute approximate surface area is 184 Å². The third-order valence-electron chi connectivity index (χ3n) is 7.25. The van der Waals surface area contributed by atoms with Gasteiger partial charge in [-0.05, 0) is 105 Å². The van der Waals surface area contributed by atoms with Gasteiger partial charge in [0.25, 0.3) is 0 Å². The van der Waals surface area contributed by atoms with Crippen LogP contribution in [0.2, 0.25) is 0 Å². The van der Waals surface area contributed by atoms with Crippen molar-refractivity contribution in [2.45, 2.75) is 51.4 Å². The lowest BCUT2D eigenvalue weighted by atomic mass is 9.64. The van der Waals surface area contributed by atoms with E-state index in [9.17, 15) is 0 Å². The largest absolute Gasteiger partial charge is 0.490 e. The first kappa shape index (κ1) is 21.8. The molecule has 0 saturated heterocycles. The van der Waals surface area contributed by atoms with Gasteiger partial charge in [-0.1, -0.05) is 30.4 Å². The number of halogens is 2. The van der Waals surface area contributed by atoms with Crippen LogP contribution < -0.4 is 4.74 Å². The summed E-state index contributed by atoms with van der Waals surface area (Å²) >= 11 is 0. The minimum absolute atomic E-state index is 0.0453. The van der Waals surface area contributed by atoms with Crippen molar-refractivity contribution >= 4 is 0 Å². The maximum Gasteiger partial charge on any atom is 0.134 e. The average molecular weight is 423 g/mol. The van der Waals surface area contributed by atoms with Crippen LogP contribution in [0.4, 0.5) is 8.78 Å². The molecule has 0 spiro atoms. The van der Waals surface area contributed by atoms with Crippen molar-refractivity contribution in [2.24, 2.45) is 17.8 Å². The van der Waals surface area contributed by atoms with Crippen molar-refractivity contribution in [3.05, 3.63) is 78.4 Å². The van der Waals surface area contributed by atoms with Crippen molar-refractivity contribution in [3.8, 4) is 16.9 Å². The molecule has 1 nitrogen and oxygen atoms in total. The number of fused-ring (bicyclic) bond motifs is 1. The number of benzene rings is 2. The Bertz CT molecular complexity index is 908. The van der Waals surface area contributed by atoms with Crippen LogP contribution in [0, 0.1) is 29.4 Å². The first-order chi connectivity index (χ1) is 15.1. The molecule has 2 aliphatic carbocycles. The number of ether oxygens (including phenoxy) is 1. The molecule has 2 aromatic carbocycles. The standard InChI is InChI=1S/C28H32F2O/c1-3-5-14-31-25-12-10-20(11-13-25)28-26(29)17-24(18-27(28)30)23-9-8-21-15-19(4-2)6-7-22(21)16-23/h3-5,10-13,17-19,21-23H,2,6-9,14-16H2,1H3/b5-3+. The predicted molar refractivity (Wildman–Crippen MR) is 123 cm³/mol. The fourth-order valence-corrected chi connectivity index (χ4v) is 5.50. The first-order valence-electron chi connectivity index (χ1n) is 11.5. The molecule has 2 aromatic rings. The summed E-state index contributed by atoms with van der Waals surface area (Å²) in [5.41, 5.74) is 1.39. The maximum atomic E-state index is 15.0. The van der Waals surface area contributed by atoms with Gasteiger partial charge in [0.15, 0.2) is 0 Å². The van der Waals surface area contributed by atoms with Gasteiger partial charge in [-0.15, -0.1) is 6.58 Å². The molecule has 2 fully saturated rings. The summed E-state index contributed by atoms with van der Waals surface area (Å²) in [7, 11) is 0. The van der Waals surface area contributed by atoms with Gasteiger partial charge in [-0.25, -0.2) is 8.78 Å². The van der Waals surface area contributed by atoms with Crippen molar-refractivity contribution < 1.29 is 13.5 Å². The molecular formula is C28H32F2O. The van der Waals surface area contributed by atoms with E-state index >= 15 is 8.78 Å². The molecule has 2 saturated carbocycles. The molecule has 2 aliphatic rings. The Kier molecular flexibility index (Phi) is 6.89. The zero-order valence-electron chi connectivity index (χ0n) is 18.3. The second kappa shape index (κ2) is 9.80. The molecule has 0 heterocycles. The zero-order chi connectivity index (χ0) is 21.8. The summed E-state index contributed by atoms with van der Waals surface area (Å²) in [6.07, 6.45) is 12.8. The van der Waals surface area contributed by atoms with E-state index in [-0.39, 0.29) is 11.5 Å². The minimum Gasteiger partial charge on any atom is -0.490 e. The molecule has 0 bridgehead atoms. The quantitative estimate of drug-likeness (QED) is 0.428. The molecule has 0 amide bonds. The monoisotopic (exact) mass is 422 g/mol. The normalized spacial score (nSPS) is 25.9. The van der Waals surface area contributed by atoms with Gasteiger partial charge in [0.2, 0.25) is 0 Å². The molecule has 0 aromatic heterocycles. The van der Waals surface area contributed by atoms with Crippen molar-refractivity contribution in [1.82, 2.24) is 0 Å².